The van der Waals surface area contributed by atoms with Crippen molar-refractivity contribution in [2.24, 2.45) is 0 Å². The lowest BCUT2D eigenvalue weighted by Gasteiger charge is -2.11. The number of amides is 1. The van der Waals surface area contributed by atoms with Gasteiger partial charge in [-0.15, -0.1) is 0 Å². The summed E-state index contributed by atoms with van der Waals surface area (Å²) in [5.41, 5.74) is 1.85. The Morgan fingerprint density at radius 2 is 2.19 bits per heavy atom. The molecule has 0 saturated heterocycles. The number of hydrogen-bond donors (Lipinski definition) is 2. The van der Waals surface area contributed by atoms with Crippen molar-refractivity contribution in [3.8, 4) is 0 Å². The van der Waals surface area contributed by atoms with Crippen LogP contribution in [0.2, 0.25) is 0 Å². The molecule has 0 heterocycles. The van der Waals surface area contributed by atoms with Crippen LogP contribution in [0.15, 0.2) is 24.3 Å². The zero-order valence-electron chi connectivity index (χ0n) is 10.2. The lowest BCUT2D eigenvalue weighted by molar-refractivity contribution is 0.0963. The summed E-state index contributed by atoms with van der Waals surface area (Å²) in [4.78, 5) is 11.4. The van der Waals surface area contributed by atoms with Crippen molar-refractivity contribution in [1.29, 1.82) is 0 Å². The Kier molecular flexibility index (Phi) is 4.99. The lowest BCUT2D eigenvalue weighted by Crippen LogP contribution is -2.24. The van der Waals surface area contributed by atoms with Crippen LogP contribution in [-0.4, -0.2) is 19.0 Å². The highest BCUT2D eigenvalue weighted by molar-refractivity contribution is 5.94. The van der Waals surface area contributed by atoms with Gasteiger partial charge in [0.15, 0.2) is 0 Å². The van der Waals surface area contributed by atoms with E-state index in [1.54, 1.807) is 7.05 Å². The number of nitrogens with one attached hydrogen (secondary N) is 2. The van der Waals surface area contributed by atoms with E-state index in [1.165, 1.54) is 0 Å². The molecule has 0 bridgehead atoms. The molecule has 1 unspecified atom stereocenters. The maximum absolute atomic E-state index is 11.4. The van der Waals surface area contributed by atoms with Crippen LogP contribution in [0.1, 0.15) is 36.2 Å². The van der Waals surface area contributed by atoms with E-state index >= 15 is 0 Å². The van der Waals surface area contributed by atoms with Gasteiger partial charge in [0, 0.05) is 25.2 Å². The summed E-state index contributed by atoms with van der Waals surface area (Å²) < 4.78 is 0. The van der Waals surface area contributed by atoms with Crippen molar-refractivity contribution in [3.63, 3.8) is 0 Å². The summed E-state index contributed by atoms with van der Waals surface area (Å²) >= 11 is 0. The van der Waals surface area contributed by atoms with Gasteiger partial charge in [-0.25, -0.2) is 0 Å². The minimum absolute atomic E-state index is 0.0367. The molecule has 2 N–H and O–H groups in total. The highest BCUT2D eigenvalue weighted by Crippen LogP contribution is 2.05. The van der Waals surface area contributed by atoms with E-state index in [1.807, 2.05) is 24.3 Å². The second kappa shape index (κ2) is 6.28. The van der Waals surface area contributed by atoms with Gasteiger partial charge in [-0.05, 0) is 31.0 Å². The first-order chi connectivity index (χ1) is 7.67. The lowest BCUT2D eigenvalue weighted by atomic mass is 10.1. The Hall–Kier alpha value is -1.35. The van der Waals surface area contributed by atoms with Crippen molar-refractivity contribution in [2.45, 2.75) is 32.9 Å². The van der Waals surface area contributed by atoms with Gasteiger partial charge in [0.1, 0.15) is 0 Å². The van der Waals surface area contributed by atoms with Crippen molar-refractivity contribution in [2.75, 3.05) is 7.05 Å². The van der Waals surface area contributed by atoms with Gasteiger partial charge >= 0.3 is 0 Å². The molecule has 0 aliphatic heterocycles. The van der Waals surface area contributed by atoms with Crippen LogP contribution in [-0.2, 0) is 6.54 Å². The molecule has 0 aliphatic rings. The Balaban J connectivity index is 2.64. The number of rotatable bonds is 5. The summed E-state index contributed by atoms with van der Waals surface area (Å²) in [7, 11) is 1.65. The molecule has 16 heavy (non-hydrogen) atoms. The van der Waals surface area contributed by atoms with Crippen LogP contribution >= 0.6 is 0 Å². The highest BCUT2D eigenvalue weighted by atomic mass is 16.1. The van der Waals surface area contributed by atoms with Crippen LogP contribution in [0.4, 0.5) is 0 Å². The van der Waals surface area contributed by atoms with Crippen molar-refractivity contribution in [3.05, 3.63) is 35.4 Å². The predicted octanol–water partition coefficient (Wildman–Crippen LogP) is 1.93. The largest absolute Gasteiger partial charge is 0.355 e. The van der Waals surface area contributed by atoms with Crippen LogP contribution < -0.4 is 10.6 Å². The predicted molar refractivity (Wildman–Crippen MR) is 66.4 cm³/mol. The summed E-state index contributed by atoms with van der Waals surface area (Å²) in [5, 5.41) is 6.03. The molecule has 1 aromatic rings. The van der Waals surface area contributed by atoms with Gasteiger partial charge in [0.25, 0.3) is 5.91 Å². The van der Waals surface area contributed by atoms with E-state index in [0.717, 1.165) is 18.5 Å². The smallest absolute Gasteiger partial charge is 0.251 e. The molecule has 3 heteroatoms. The molecule has 1 aromatic carbocycles. The molecule has 0 aliphatic carbocycles. The molecule has 0 saturated carbocycles. The maximum Gasteiger partial charge on any atom is 0.251 e. The normalized spacial score (nSPS) is 12.2. The molecule has 1 atom stereocenters. The zero-order valence-corrected chi connectivity index (χ0v) is 10.2. The zero-order chi connectivity index (χ0) is 12.0. The van der Waals surface area contributed by atoms with Crippen molar-refractivity contribution < 1.29 is 4.79 Å². The van der Waals surface area contributed by atoms with E-state index in [4.69, 9.17) is 0 Å². The van der Waals surface area contributed by atoms with Crippen LogP contribution in [0.5, 0.6) is 0 Å². The molecule has 0 fully saturated rings. The third-order valence-corrected chi connectivity index (χ3v) is 2.68. The van der Waals surface area contributed by atoms with Crippen LogP contribution in [0, 0.1) is 0 Å². The number of benzene rings is 1. The average Bonchev–Trinajstić information content (AvgIpc) is 2.35. The third kappa shape index (κ3) is 3.66. The molecule has 88 valence electrons. The Morgan fingerprint density at radius 1 is 1.44 bits per heavy atom. The molecule has 0 aromatic heterocycles. The minimum Gasteiger partial charge on any atom is -0.355 e. The van der Waals surface area contributed by atoms with Gasteiger partial charge < -0.3 is 10.6 Å². The summed E-state index contributed by atoms with van der Waals surface area (Å²) in [5.74, 6) is -0.0367. The third-order valence-electron chi connectivity index (χ3n) is 2.68. The fraction of sp³-hybridized carbons (Fsp3) is 0.462. The van der Waals surface area contributed by atoms with E-state index < -0.39 is 0 Å². The molecular weight excluding hydrogens is 200 g/mol. The molecule has 0 spiro atoms. The Morgan fingerprint density at radius 3 is 2.81 bits per heavy atom. The van der Waals surface area contributed by atoms with Crippen LogP contribution in [0.25, 0.3) is 0 Å². The average molecular weight is 220 g/mol. The number of hydrogen-bond acceptors (Lipinski definition) is 2. The van der Waals surface area contributed by atoms with Gasteiger partial charge in [-0.2, -0.15) is 0 Å². The Bertz CT molecular complexity index is 350. The summed E-state index contributed by atoms with van der Waals surface area (Å²) in [6.07, 6.45) is 1.11. The Labute approximate surface area is 97.2 Å². The fourth-order valence-electron chi connectivity index (χ4n) is 1.40. The minimum atomic E-state index is -0.0367. The van der Waals surface area contributed by atoms with E-state index in [9.17, 15) is 4.79 Å². The standard InChI is InChI=1S/C13H20N2O/c1-4-10(2)15-9-11-6-5-7-12(8-11)13(16)14-3/h5-8,10,15H,4,9H2,1-3H3,(H,14,16). The van der Waals surface area contributed by atoms with Crippen LogP contribution in [0.3, 0.4) is 0 Å². The summed E-state index contributed by atoms with van der Waals surface area (Å²) in [6.45, 7) is 5.11. The van der Waals surface area contributed by atoms with E-state index in [-0.39, 0.29) is 5.91 Å². The first kappa shape index (κ1) is 12.7. The van der Waals surface area contributed by atoms with Gasteiger partial charge in [-0.1, -0.05) is 19.1 Å². The first-order valence-corrected chi connectivity index (χ1v) is 5.71. The highest BCUT2D eigenvalue weighted by Gasteiger charge is 2.04. The van der Waals surface area contributed by atoms with Gasteiger partial charge in [0.2, 0.25) is 0 Å². The van der Waals surface area contributed by atoms with E-state index in [2.05, 4.69) is 24.5 Å². The number of carbonyl (C=O) groups excluding carboxylic acids is 1. The molecular formula is C13H20N2O. The van der Waals surface area contributed by atoms with E-state index in [0.29, 0.717) is 11.6 Å². The molecule has 3 nitrogen and oxygen atoms in total. The van der Waals surface area contributed by atoms with Gasteiger partial charge in [0.05, 0.1) is 0 Å². The topological polar surface area (TPSA) is 41.1 Å². The second-order valence-electron chi connectivity index (χ2n) is 3.97. The second-order valence-corrected chi connectivity index (χ2v) is 3.97. The van der Waals surface area contributed by atoms with Crippen molar-refractivity contribution in [1.82, 2.24) is 10.6 Å². The first-order valence-electron chi connectivity index (χ1n) is 5.71. The fourth-order valence-corrected chi connectivity index (χ4v) is 1.40. The monoisotopic (exact) mass is 220 g/mol. The van der Waals surface area contributed by atoms with Crippen molar-refractivity contribution >= 4 is 5.91 Å². The quantitative estimate of drug-likeness (QED) is 0.796. The summed E-state index contributed by atoms with van der Waals surface area (Å²) in [6, 6.07) is 8.20. The SMILES string of the molecule is CCC(C)NCc1cccc(C(=O)NC)c1. The molecule has 0 radical (unpaired) electrons. The van der Waals surface area contributed by atoms with Gasteiger partial charge in [-0.3, -0.25) is 4.79 Å². The number of carbonyl (C=O) groups is 1. The maximum atomic E-state index is 11.4. The molecule has 1 amide bonds. The molecule has 1 rings (SSSR count).